The number of morpholine rings is 1. The highest BCUT2D eigenvalue weighted by molar-refractivity contribution is 7.80. The highest BCUT2D eigenvalue weighted by atomic mass is 32.1. The Labute approximate surface area is 149 Å². The average Bonchev–Trinajstić information content (AvgIpc) is 2.64. The van der Waals surface area contributed by atoms with Crippen LogP contribution in [0.15, 0.2) is 29.4 Å². The van der Waals surface area contributed by atoms with E-state index in [4.69, 9.17) is 21.7 Å². The van der Waals surface area contributed by atoms with E-state index in [1.54, 1.807) is 7.11 Å². The van der Waals surface area contributed by atoms with Crippen LogP contribution in [0.3, 0.4) is 0 Å². The minimum absolute atomic E-state index is 0.546. The van der Waals surface area contributed by atoms with Crippen molar-refractivity contribution in [3.05, 3.63) is 29.8 Å². The zero-order valence-electron chi connectivity index (χ0n) is 14.4. The van der Waals surface area contributed by atoms with Crippen molar-refractivity contribution in [2.45, 2.75) is 13.3 Å². The van der Waals surface area contributed by atoms with E-state index in [-0.39, 0.29) is 0 Å². The largest absolute Gasteiger partial charge is 0.497 e. The molecule has 2 N–H and O–H groups in total. The molecular formula is C17H26N4O2S. The first-order valence-corrected chi connectivity index (χ1v) is 8.62. The molecule has 2 rings (SSSR count). The third-order valence-corrected chi connectivity index (χ3v) is 4.11. The number of hydrogen-bond acceptors (Lipinski definition) is 5. The van der Waals surface area contributed by atoms with E-state index in [1.807, 2.05) is 31.2 Å². The molecule has 1 saturated heterocycles. The van der Waals surface area contributed by atoms with Crippen LogP contribution in [0.2, 0.25) is 0 Å². The summed E-state index contributed by atoms with van der Waals surface area (Å²) in [5, 5.41) is 8.04. The van der Waals surface area contributed by atoms with Crippen LogP contribution in [-0.4, -0.2) is 62.2 Å². The molecule has 0 aromatic heterocycles. The van der Waals surface area contributed by atoms with Crippen molar-refractivity contribution in [2.24, 2.45) is 5.10 Å². The van der Waals surface area contributed by atoms with Crippen LogP contribution in [0.1, 0.15) is 18.9 Å². The molecule has 6 nitrogen and oxygen atoms in total. The maximum atomic E-state index is 5.34. The summed E-state index contributed by atoms with van der Waals surface area (Å²) in [6.07, 6.45) is 1.04. The van der Waals surface area contributed by atoms with E-state index >= 15 is 0 Å². The zero-order valence-corrected chi connectivity index (χ0v) is 15.2. The molecule has 0 aliphatic carbocycles. The van der Waals surface area contributed by atoms with Gasteiger partial charge in [-0.3, -0.25) is 10.3 Å². The van der Waals surface area contributed by atoms with Gasteiger partial charge in [-0.2, -0.15) is 5.10 Å². The lowest BCUT2D eigenvalue weighted by Gasteiger charge is -2.26. The summed E-state index contributed by atoms with van der Waals surface area (Å²) < 4.78 is 10.5. The van der Waals surface area contributed by atoms with Gasteiger partial charge in [0.2, 0.25) is 0 Å². The zero-order chi connectivity index (χ0) is 17.2. The minimum atomic E-state index is 0.546. The van der Waals surface area contributed by atoms with E-state index in [0.717, 1.165) is 62.8 Å². The lowest BCUT2D eigenvalue weighted by atomic mass is 10.1. The standard InChI is InChI=1S/C17H26N4O2S/c1-14(15-4-6-16(22-2)7-5-15)19-20-17(24)18-8-3-9-21-10-12-23-13-11-21/h4-7H,3,8-13H2,1-2H3,(H2,18,20,24)/b19-14+. The first kappa shape index (κ1) is 18.6. The van der Waals surface area contributed by atoms with Gasteiger partial charge in [0, 0.05) is 19.6 Å². The Hall–Kier alpha value is -1.70. The second-order valence-corrected chi connectivity index (χ2v) is 6.01. The molecule has 1 aliphatic rings. The van der Waals surface area contributed by atoms with Crippen molar-refractivity contribution >= 4 is 23.0 Å². The molecule has 0 bridgehead atoms. The number of hydrazone groups is 1. The number of hydrogen-bond donors (Lipinski definition) is 2. The predicted molar refractivity (Wildman–Crippen MR) is 101 cm³/mol. The molecule has 0 saturated carbocycles. The molecule has 1 fully saturated rings. The fraction of sp³-hybridized carbons (Fsp3) is 0.529. The molecule has 1 aliphatic heterocycles. The topological polar surface area (TPSA) is 58.1 Å². The Bertz CT molecular complexity index is 542. The summed E-state index contributed by atoms with van der Waals surface area (Å²) in [6.45, 7) is 7.56. The molecule has 24 heavy (non-hydrogen) atoms. The number of nitrogens with zero attached hydrogens (tertiary/aromatic N) is 2. The Morgan fingerprint density at radius 1 is 1.29 bits per heavy atom. The minimum Gasteiger partial charge on any atom is -0.497 e. The summed E-state index contributed by atoms with van der Waals surface area (Å²) in [4.78, 5) is 2.41. The van der Waals surface area contributed by atoms with Gasteiger partial charge in [-0.1, -0.05) is 0 Å². The maximum Gasteiger partial charge on any atom is 0.186 e. The smallest absolute Gasteiger partial charge is 0.186 e. The third-order valence-electron chi connectivity index (χ3n) is 3.87. The number of ether oxygens (including phenoxy) is 2. The molecule has 0 radical (unpaired) electrons. The third kappa shape index (κ3) is 6.43. The molecule has 132 valence electrons. The highest BCUT2D eigenvalue weighted by Crippen LogP contribution is 2.11. The van der Waals surface area contributed by atoms with Gasteiger partial charge in [-0.25, -0.2) is 0 Å². The van der Waals surface area contributed by atoms with Crippen molar-refractivity contribution in [2.75, 3.05) is 46.5 Å². The van der Waals surface area contributed by atoms with Crippen LogP contribution >= 0.6 is 12.2 Å². The summed E-state index contributed by atoms with van der Waals surface area (Å²) in [5.74, 6) is 0.831. The SMILES string of the molecule is COc1ccc(/C(C)=N/NC(=S)NCCCN2CCOCC2)cc1. The Balaban J connectivity index is 1.65. The normalized spacial score (nSPS) is 15.8. The summed E-state index contributed by atoms with van der Waals surface area (Å²) in [7, 11) is 1.65. The molecular weight excluding hydrogens is 324 g/mol. The van der Waals surface area contributed by atoms with E-state index in [2.05, 4.69) is 20.7 Å². The lowest BCUT2D eigenvalue weighted by Crippen LogP contribution is -2.39. The van der Waals surface area contributed by atoms with E-state index in [9.17, 15) is 0 Å². The molecule has 0 atom stereocenters. The number of thiocarbonyl (C=S) groups is 1. The van der Waals surface area contributed by atoms with Crippen LogP contribution in [0.5, 0.6) is 5.75 Å². The Kier molecular flexibility index (Phi) is 7.94. The van der Waals surface area contributed by atoms with Crippen molar-refractivity contribution in [3.8, 4) is 5.75 Å². The summed E-state index contributed by atoms with van der Waals surface area (Å²) >= 11 is 5.25. The van der Waals surface area contributed by atoms with E-state index in [1.165, 1.54) is 0 Å². The molecule has 0 unspecified atom stereocenters. The van der Waals surface area contributed by atoms with Crippen molar-refractivity contribution in [3.63, 3.8) is 0 Å². The fourth-order valence-corrected chi connectivity index (χ4v) is 2.55. The second kappa shape index (κ2) is 10.2. The average molecular weight is 350 g/mol. The van der Waals surface area contributed by atoms with E-state index in [0.29, 0.717) is 5.11 Å². The second-order valence-electron chi connectivity index (χ2n) is 5.60. The number of nitrogens with one attached hydrogen (secondary N) is 2. The Morgan fingerprint density at radius 2 is 2.00 bits per heavy atom. The van der Waals surface area contributed by atoms with Crippen molar-refractivity contribution < 1.29 is 9.47 Å². The molecule has 1 heterocycles. The number of methoxy groups -OCH3 is 1. The lowest BCUT2D eigenvalue weighted by molar-refractivity contribution is 0.0376. The Morgan fingerprint density at radius 3 is 2.67 bits per heavy atom. The van der Waals surface area contributed by atoms with Gasteiger partial charge in [-0.15, -0.1) is 0 Å². The van der Waals surface area contributed by atoms with Gasteiger partial charge in [0.15, 0.2) is 5.11 Å². The molecule has 0 spiro atoms. The van der Waals surface area contributed by atoms with Gasteiger partial charge in [0.1, 0.15) is 5.75 Å². The van der Waals surface area contributed by atoms with Gasteiger partial charge in [0.05, 0.1) is 26.0 Å². The van der Waals surface area contributed by atoms with Crippen LogP contribution in [-0.2, 0) is 4.74 Å². The van der Waals surface area contributed by atoms with Crippen molar-refractivity contribution in [1.82, 2.24) is 15.6 Å². The van der Waals surface area contributed by atoms with E-state index < -0.39 is 0 Å². The van der Waals surface area contributed by atoms with Crippen LogP contribution in [0.25, 0.3) is 0 Å². The first-order chi connectivity index (χ1) is 11.7. The van der Waals surface area contributed by atoms with Crippen molar-refractivity contribution in [1.29, 1.82) is 0 Å². The molecule has 1 aromatic rings. The summed E-state index contributed by atoms with van der Waals surface area (Å²) in [6, 6.07) is 7.77. The van der Waals surface area contributed by atoms with Gasteiger partial charge in [-0.05, 0) is 61.9 Å². The first-order valence-electron chi connectivity index (χ1n) is 8.21. The molecule has 7 heteroatoms. The van der Waals surface area contributed by atoms with Crippen LogP contribution in [0, 0.1) is 0 Å². The molecule has 0 amide bonds. The van der Waals surface area contributed by atoms with Gasteiger partial charge >= 0.3 is 0 Å². The van der Waals surface area contributed by atoms with Crippen LogP contribution in [0.4, 0.5) is 0 Å². The monoisotopic (exact) mass is 350 g/mol. The van der Waals surface area contributed by atoms with Crippen LogP contribution < -0.4 is 15.5 Å². The predicted octanol–water partition coefficient (Wildman–Crippen LogP) is 1.61. The molecule has 1 aromatic carbocycles. The quantitative estimate of drug-likeness (QED) is 0.337. The number of benzene rings is 1. The number of rotatable bonds is 7. The summed E-state index contributed by atoms with van der Waals surface area (Å²) in [5.41, 5.74) is 4.79. The fourth-order valence-electron chi connectivity index (χ4n) is 2.40. The maximum absolute atomic E-state index is 5.34. The van der Waals surface area contributed by atoms with Gasteiger partial charge < -0.3 is 14.8 Å². The highest BCUT2D eigenvalue weighted by Gasteiger charge is 2.09. The van der Waals surface area contributed by atoms with Gasteiger partial charge in [0.25, 0.3) is 0 Å².